The third kappa shape index (κ3) is 4.68. The third-order valence-corrected chi connectivity index (χ3v) is 6.02. The van der Waals surface area contributed by atoms with E-state index in [0.29, 0.717) is 25.4 Å². The van der Waals surface area contributed by atoms with Crippen LogP contribution in [0.3, 0.4) is 0 Å². The molecule has 1 saturated heterocycles. The number of ether oxygens (including phenoxy) is 1. The van der Waals surface area contributed by atoms with Crippen molar-refractivity contribution >= 4 is 15.9 Å². The molecule has 1 heterocycles. The van der Waals surface area contributed by atoms with Gasteiger partial charge in [-0.25, -0.2) is 12.7 Å². The molecule has 2 rings (SSSR count). The van der Waals surface area contributed by atoms with Crippen LogP contribution in [0.4, 0.5) is 0 Å². The van der Waals surface area contributed by atoms with Crippen LogP contribution in [0.25, 0.3) is 0 Å². The smallest absolute Gasteiger partial charge is 0.242 e. The number of likely N-dealkylation sites (tertiary alicyclic amines) is 1. The molecule has 1 aliphatic rings. The maximum absolute atomic E-state index is 12.0. The molecule has 1 atom stereocenters. The van der Waals surface area contributed by atoms with Crippen LogP contribution in [0.5, 0.6) is 5.75 Å². The topological polar surface area (TPSA) is 92.9 Å². The fraction of sp³-hybridized carbons (Fsp3) is 0.562. The first kappa shape index (κ1) is 18.7. The predicted molar refractivity (Wildman–Crippen MR) is 91.2 cm³/mol. The molecule has 8 heteroatoms. The Kier molecular flexibility index (Phi) is 6.20. The van der Waals surface area contributed by atoms with Crippen LogP contribution in [0.2, 0.25) is 0 Å². The van der Waals surface area contributed by atoms with Crippen molar-refractivity contribution in [1.29, 1.82) is 0 Å². The van der Waals surface area contributed by atoms with Gasteiger partial charge in [-0.1, -0.05) is 0 Å². The number of benzene rings is 1. The van der Waals surface area contributed by atoms with E-state index >= 15 is 0 Å². The van der Waals surface area contributed by atoms with E-state index in [1.807, 2.05) is 0 Å². The van der Waals surface area contributed by atoms with Crippen molar-refractivity contribution in [3.63, 3.8) is 0 Å². The van der Waals surface area contributed by atoms with E-state index in [2.05, 4.69) is 4.90 Å². The highest BCUT2D eigenvalue weighted by Crippen LogP contribution is 2.19. The summed E-state index contributed by atoms with van der Waals surface area (Å²) in [5.41, 5.74) is 5.37. The minimum atomic E-state index is -3.42. The number of carbonyl (C=O) groups is 1. The SMILES string of the molecule is CN(C)S(=O)(=O)c1ccc(OCCN2CCC[C@@H](C(N)=O)C2)cc1. The standard InChI is InChI=1S/C16H25N3O4S/c1-18(2)24(21,22)15-7-5-14(6-8-15)23-11-10-19-9-3-4-13(12-19)16(17)20/h5-8,13H,3-4,9-12H2,1-2H3,(H2,17,20)/t13-/m1/s1. The monoisotopic (exact) mass is 355 g/mol. The second kappa shape index (κ2) is 7.96. The Balaban J connectivity index is 1.84. The summed E-state index contributed by atoms with van der Waals surface area (Å²) < 4.78 is 30.8. The van der Waals surface area contributed by atoms with Crippen molar-refractivity contribution in [1.82, 2.24) is 9.21 Å². The first-order valence-electron chi connectivity index (χ1n) is 7.98. The van der Waals surface area contributed by atoms with Gasteiger partial charge in [0.15, 0.2) is 0 Å². The third-order valence-electron chi connectivity index (χ3n) is 4.19. The molecule has 0 spiro atoms. The van der Waals surface area contributed by atoms with Crippen LogP contribution in [-0.2, 0) is 14.8 Å². The average Bonchev–Trinajstić information content (AvgIpc) is 2.55. The first-order chi connectivity index (χ1) is 11.3. The van der Waals surface area contributed by atoms with Gasteiger partial charge >= 0.3 is 0 Å². The number of hydrogen-bond acceptors (Lipinski definition) is 5. The zero-order valence-electron chi connectivity index (χ0n) is 14.1. The van der Waals surface area contributed by atoms with Gasteiger partial charge in [0.2, 0.25) is 15.9 Å². The number of hydrogen-bond donors (Lipinski definition) is 1. The summed E-state index contributed by atoms with van der Waals surface area (Å²) in [6.45, 7) is 2.80. The molecule has 2 N–H and O–H groups in total. The molecule has 1 aliphatic heterocycles. The molecule has 7 nitrogen and oxygen atoms in total. The van der Waals surface area contributed by atoms with E-state index in [-0.39, 0.29) is 16.7 Å². The Bertz CT molecular complexity index is 658. The van der Waals surface area contributed by atoms with Gasteiger partial charge in [-0.05, 0) is 43.7 Å². The van der Waals surface area contributed by atoms with E-state index in [1.165, 1.54) is 30.5 Å². The highest BCUT2D eigenvalue weighted by molar-refractivity contribution is 7.89. The number of nitrogens with two attached hydrogens (primary N) is 1. The van der Waals surface area contributed by atoms with E-state index in [4.69, 9.17) is 10.5 Å². The van der Waals surface area contributed by atoms with Gasteiger partial charge in [-0.2, -0.15) is 0 Å². The average molecular weight is 355 g/mol. The Labute approximate surface area is 143 Å². The second-order valence-corrected chi connectivity index (χ2v) is 8.30. The second-order valence-electron chi connectivity index (χ2n) is 6.15. The van der Waals surface area contributed by atoms with E-state index in [1.54, 1.807) is 12.1 Å². The van der Waals surface area contributed by atoms with Gasteiger partial charge in [-0.3, -0.25) is 9.69 Å². The number of amides is 1. The van der Waals surface area contributed by atoms with Crippen LogP contribution in [0, 0.1) is 5.92 Å². The van der Waals surface area contributed by atoms with Crippen molar-refractivity contribution in [3.8, 4) is 5.75 Å². The van der Waals surface area contributed by atoms with Gasteiger partial charge in [0.25, 0.3) is 0 Å². The number of sulfonamides is 1. The summed E-state index contributed by atoms with van der Waals surface area (Å²) in [6, 6.07) is 6.38. The highest BCUT2D eigenvalue weighted by Gasteiger charge is 2.23. The molecular weight excluding hydrogens is 330 g/mol. The van der Waals surface area contributed by atoms with Gasteiger partial charge < -0.3 is 10.5 Å². The summed E-state index contributed by atoms with van der Waals surface area (Å²) >= 11 is 0. The van der Waals surface area contributed by atoms with Crippen molar-refractivity contribution in [2.24, 2.45) is 11.7 Å². The van der Waals surface area contributed by atoms with Crippen molar-refractivity contribution in [2.45, 2.75) is 17.7 Å². The van der Waals surface area contributed by atoms with E-state index in [0.717, 1.165) is 19.4 Å². The molecule has 0 aliphatic carbocycles. The molecule has 0 saturated carbocycles. The number of rotatable bonds is 7. The molecular formula is C16H25N3O4S. The molecule has 0 aromatic heterocycles. The Morgan fingerprint density at radius 3 is 2.58 bits per heavy atom. The zero-order valence-corrected chi connectivity index (χ0v) is 15.0. The van der Waals surface area contributed by atoms with Crippen LogP contribution in [-0.4, -0.2) is 63.9 Å². The summed E-state index contributed by atoms with van der Waals surface area (Å²) in [7, 11) is -0.424. The van der Waals surface area contributed by atoms with E-state index < -0.39 is 10.0 Å². The maximum Gasteiger partial charge on any atom is 0.242 e. The quantitative estimate of drug-likeness (QED) is 0.769. The van der Waals surface area contributed by atoms with Crippen LogP contribution in [0.15, 0.2) is 29.2 Å². The highest BCUT2D eigenvalue weighted by atomic mass is 32.2. The Morgan fingerprint density at radius 1 is 1.33 bits per heavy atom. The van der Waals surface area contributed by atoms with E-state index in [9.17, 15) is 13.2 Å². The minimum Gasteiger partial charge on any atom is -0.492 e. The van der Waals surface area contributed by atoms with Gasteiger partial charge in [-0.15, -0.1) is 0 Å². The van der Waals surface area contributed by atoms with Gasteiger partial charge in [0.1, 0.15) is 12.4 Å². The molecule has 24 heavy (non-hydrogen) atoms. The number of nitrogens with zero attached hydrogens (tertiary/aromatic N) is 2. The molecule has 0 radical (unpaired) electrons. The van der Waals surface area contributed by atoms with Crippen molar-refractivity contribution in [2.75, 3.05) is 40.3 Å². The Morgan fingerprint density at radius 2 is 2.00 bits per heavy atom. The first-order valence-corrected chi connectivity index (χ1v) is 9.42. The normalized spacial score (nSPS) is 19.4. The molecule has 134 valence electrons. The number of piperidine rings is 1. The number of carbonyl (C=O) groups excluding carboxylic acids is 1. The minimum absolute atomic E-state index is 0.0747. The summed E-state index contributed by atoms with van der Waals surface area (Å²) in [5.74, 6) is 0.309. The Hall–Kier alpha value is -1.64. The fourth-order valence-electron chi connectivity index (χ4n) is 2.70. The molecule has 1 fully saturated rings. The van der Waals surface area contributed by atoms with Crippen LogP contribution in [0.1, 0.15) is 12.8 Å². The summed E-state index contributed by atoms with van der Waals surface area (Å²) in [6.07, 6.45) is 1.82. The van der Waals surface area contributed by atoms with Crippen molar-refractivity contribution in [3.05, 3.63) is 24.3 Å². The molecule has 0 unspecified atom stereocenters. The lowest BCUT2D eigenvalue weighted by molar-refractivity contribution is -0.123. The molecule has 1 aromatic carbocycles. The zero-order chi connectivity index (χ0) is 17.7. The van der Waals surface area contributed by atoms with Crippen molar-refractivity contribution < 1.29 is 17.9 Å². The summed E-state index contributed by atoms with van der Waals surface area (Å²) in [4.78, 5) is 13.7. The van der Waals surface area contributed by atoms with Crippen LogP contribution < -0.4 is 10.5 Å². The lowest BCUT2D eigenvalue weighted by Crippen LogP contribution is -2.42. The fourth-order valence-corrected chi connectivity index (χ4v) is 3.60. The molecule has 1 amide bonds. The largest absolute Gasteiger partial charge is 0.492 e. The number of primary amides is 1. The predicted octanol–water partition coefficient (Wildman–Crippen LogP) is 0.513. The molecule has 0 bridgehead atoms. The van der Waals surface area contributed by atoms with Gasteiger partial charge in [0.05, 0.1) is 10.8 Å². The molecule has 1 aromatic rings. The lowest BCUT2D eigenvalue weighted by atomic mass is 9.98. The van der Waals surface area contributed by atoms with Crippen LogP contribution >= 0.6 is 0 Å². The lowest BCUT2D eigenvalue weighted by Gasteiger charge is -2.30. The summed E-state index contributed by atoms with van der Waals surface area (Å²) in [5, 5.41) is 0. The van der Waals surface area contributed by atoms with Gasteiger partial charge in [0, 0.05) is 27.2 Å². The maximum atomic E-state index is 12.0.